The number of aromatic hydroxyl groups is 3. The van der Waals surface area contributed by atoms with E-state index in [-0.39, 0.29) is 60.1 Å². The topological polar surface area (TPSA) is 558 Å². The summed E-state index contributed by atoms with van der Waals surface area (Å²) in [6, 6.07) is 17.1. The zero-order valence-corrected chi connectivity index (χ0v) is 69.2. The van der Waals surface area contributed by atoms with Crippen molar-refractivity contribution in [1.29, 1.82) is 0 Å². The minimum Gasteiger partial charge on any atom is -0.508 e. The number of amides is 5. The summed E-state index contributed by atoms with van der Waals surface area (Å²) in [6.07, 6.45) is -25.1. The molecule has 23 atom stereocenters. The molecule has 15 rings (SSSR count). The molecule has 8 aliphatic rings. The molecule has 11 bridgehead atoms. The second-order valence-electron chi connectivity index (χ2n) is 32.8. The number of aliphatic hydroxyl groups is 8. The molecule has 125 heavy (non-hydrogen) atoms. The summed E-state index contributed by atoms with van der Waals surface area (Å²) in [6.45, 7) is 7.34. The first-order valence-electron chi connectivity index (χ1n) is 40.5. The Morgan fingerprint density at radius 3 is 1.95 bits per heavy atom. The maximum atomic E-state index is 16.6. The maximum Gasteiger partial charge on any atom is 0.330 e. The number of carbonyl (C=O) groups is 8. The molecule has 6 aromatic carbocycles. The average Bonchev–Trinajstić information content (AvgIpc) is 1.25. The minimum absolute atomic E-state index is 0. The van der Waals surface area contributed by atoms with Crippen LogP contribution in [-0.2, 0) is 68.5 Å². The fourth-order valence-electron chi connectivity index (χ4n) is 16.7. The van der Waals surface area contributed by atoms with Gasteiger partial charge in [-0.15, -0.1) is 0 Å². The molecule has 37 heteroatoms. The minimum atomic E-state index is -2.32. The lowest BCUT2D eigenvalue weighted by molar-refractivity contribution is -0.351. The lowest BCUT2D eigenvalue weighted by Crippen LogP contribution is -2.64. The monoisotopic (exact) mass is 1780 g/mol. The molecule has 1 unspecified atom stereocenters. The number of nitrogens with one attached hydrogen (secondary N) is 4. The number of rotatable bonds is 20. The van der Waals surface area contributed by atoms with Crippen LogP contribution in [0, 0.1) is 17.8 Å². The summed E-state index contributed by atoms with van der Waals surface area (Å²) >= 11 is 14.6. The molecule has 35 nitrogen and oxygen atoms in total. The highest BCUT2D eigenvalue weighted by Gasteiger charge is 2.53. The van der Waals surface area contributed by atoms with E-state index in [4.69, 9.17) is 72.6 Å². The Hall–Kier alpha value is -10.4. The zero-order valence-electron chi connectivity index (χ0n) is 67.7. The summed E-state index contributed by atoms with van der Waals surface area (Å²) in [4.78, 5) is 121. The SMILES string of the molecule is C.CC[C@H](CC(C)C)C(=O)N[C@H]1C(=O)C[C@@H](CC(N)=O)C(=O)N[C@H]2C(=O)C[C@H]3C(=O)N[C@H](C(=O)N[C@@H](C(=O)O)c4cc(O)cc(O)c4-c4cc3ccc4O)[C@H](OC3C[C@](C)(N)[C@@H](O)[C@H](C)O3)c3ccc(c(Cl)c3)Oc3cc2cc(c3O[C@@H]2O[C@H](CO)[C@@H](O[C@@H]3O[C@H](CCCc4ccc(-n5cccc5)cc4)[C@H](O)[C@H](O)[C@H]3O)[C@H](O)[C@H]2O)Oc2ccc(cc2Cl)[C@H]1O. The van der Waals surface area contributed by atoms with E-state index in [1.165, 1.54) is 44.2 Å². The number of fused-ring (bicyclic) bond motifs is 15. The molecule has 8 aliphatic heterocycles. The summed E-state index contributed by atoms with van der Waals surface area (Å²) in [5, 5.41) is 149. The van der Waals surface area contributed by atoms with Gasteiger partial charge in [0.25, 0.3) is 0 Å². The van der Waals surface area contributed by atoms with Crippen LogP contribution >= 0.6 is 23.2 Å². The van der Waals surface area contributed by atoms with Crippen molar-refractivity contribution >= 4 is 70.3 Å². The van der Waals surface area contributed by atoms with Gasteiger partial charge in [0.2, 0.25) is 41.6 Å². The quantitative estimate of drug-likeness (QED) is 0.0428. The van der Waals surface area contributed by atoms with Crippen LogP contribution in [0.1, 0.15) is 157 Å². The van der Waals surface area contributed by atoms with Gasteiger partial charge in [-0.2, -0.15) is 0 Å². The fourth-order valence-corrected chi connectivity index (χ4v) is 17.1. The van der Waals surface area contributed by atoms with Gasteiger partial charge in [-0.25, -0.2) is 4.79 Å². The number of hydrogen-bond donors (Lipinski definition) is 18. The Kier molecular flexibility index (Phi) is 29.4. The van der Waals surface area contributed by atoms with Crippen LogP contribution in [0.5, 0.6) is 46.0 Å². The molecular formula is C88H103Cl2N7O28. The van der Waals surface area contributed by atoms with Gasteiger partial charge in [-0.05, 0) is 159 Å². The number of carboxylic acid groups (broad SMARTS) is 1. The van der Waals surface area contributed by atoms with Crippen LogP contribution in [0.3, 0.4) is 0 Å². The van der Waals surface area contributed by atoms with E-state index in [1.807, 2.05) is 67.2 Å². The molecule has 1 aromatic heterocycles. The number of aryl methyl sites for hydroxylation is 1. The van der Waals surface area contributed by atoms with Crippen molar-refractivity contribution in [3.05, 3.63) is 171 Å². The van der Waals surface area contributed by atoms with Gasteiger partial charge in [-0.1, -0.05) is 81.7 Å². The Morgan fingerprint density at radius 1 is 0.688 bits per heavy atom. The number of phenols is 3. The number of carboxylic acids is 1. The third-order valence-corrected chi connectivity index (χ3v) is 23.9. The highest BCUT2D eigenvalue weighted by Crippen LogP contribution is 2.51. The van der Waals surface area contributed by atoms with Crippen LogP contribution in [0.15, 0.2) is 128 Å². The average molecular weight is 1780 g/mol. The summed E-state index contributed by atoms with van der Waals surface area (Å²) in [7, 11) is 0. The predicted octanol–water partition coefficient (Wildman–Crippen LogP) is 5.80. The lowest BCUT2D eigenvalue weighted by atomic mass is 9.84. The Labute approximate surface area is 727 Å². The molecular weight excluding hydrogens is 1670 g/mol. The number of phenolic OH excluding ortho intramolecular Hbond substituents is 3. The number of hydrogen-bond acceptors (Lipinski definition) is 28. The van der Waals surface area contributed by atoms with Gasteiger partial charge in [0.05, 0.1) is 46.8 Å². The number of ketones is 2. The third kappa shape index (κ3) is 20.5. The normalized spacial score (nSPS) is 29.8. The second-order valence-corrected chi connectivity index (χ2v) is 33.7. The smallest absolute Gasteiger partial charge is 0.330 e. The standard InChI is InChI=1S/C87H99Cl2N7O28.CH4/c1-6-40(24-37(2)3)80(111)94-68-55(101)28-45(31-63(90)103)81(112)92-66-44-29-60(118-57-20-15-42(70(68)104)26-51(57)88)77(123-86-75(109)73(107)78(62(36-97)121-86)124-85-74(108)72(106)71(105)59(120-85)11-9-10-39-12-17-46(18-13-39)96-22-7-8-23-96)61(30-44)119-58-21-16-43(27-52(58)89)76(122-64-35-87(5,91)79(110)38(4)117-64)69-83(114)93-67(84(115)116)50-32-47(98)33-54(100)65(50)49-25-41(14-19-53(49)99)48(34-56(66)102)82(113)95-69;/h7-8,12-23,25-27,29-30,32-33,37-38,40,45,48,59,62,64,66-76,78-79,85-86,97-100,104-110H,6,9-11,24,28,31,34-36,91H2,1-5H3,(H2,90,103)(H,92,112)(H,93,114)(H,94,111)(H,95,113)(H,115,116);1H4/t38-,40+,45-,48+,59+,62+,64?,66+,67+,68-,69-,70+,71-,72-,73+,74+,75+,76+,78+,79-,85-,86-,87-;/m0./s1. The summed E-state index contributed by atoms with van der Waals surface area (Å²) in [5.41, 5.74) is 10.4. The first kappa shape index (κ1) is 93.7. The lowest BCUT2D eigenvalue weighted by Gasteiger charge is -2.46. The molecule has 0 aliphatic carbocycles. The van der Waals surface area contributed by atoms with Crippen molar-refractivity contribution in [3.63, 3.8) is 0 Å². The van der Waals surface area contributed by atoms with E-state index in [2.05, 4.69) is 21.3 Å². The summed E-state index contributed by atoms with van der Waals surface area (Å²) in [5.74, 6) is -19.7. The first-order valence-corrected chi connectivity index (χ1v) is 41.3. The van der Waals surface area contributed by atoms with Crippen LogP contribution < -0.4 is 46.9 Å². The maximum absolute atomic E-state index is 16.6. The van der Waals surface area contributed by atoms with Gasteiger partial charge < -0.3 is 136 Å². The number of Topliss-reactive ketones (excluding diaryl/α,β-unsaturated/α-hetero) is 2. The van der Waals surface area contributed by atoms with Crippen LogP contribution in [0.2, 0.25) is 10.0 Å². The second kappa shape index (κ2) is 39.2. The number of halogens is 2. The number of nitrogens with zero attached hydrogens (tertiary/aromatic N) is 1. The van der Waals surface area contributed by atoms with Crippen LogP contribution in [0.4, 0.5) is 0 Å². The number of aliphatic carboxylic acids is 1. The van der Waals surface area contributed by atoms with E-state index < -0.39 is 280 Å². The number of carbonyl (C=O) groups excluding carboxylic acids is 7. The molecule has 20 N–H and O–H groups in total. The molecule has 0 saturated carbocycles. The first-order chi connectivity index (χ1) is 58.9. The molecule has 672 valence electrons. The van der Waals surface area contributed by atoms with Crippen molar-refractivity contribution in [2.45, 2.75) is 228 Å². The van der Waals surface area contributed by atoms with Crippen molar-refractivity contribution in [2.75, 3.05) is 6.61 Å². The molecule has 9 heterocycles. The zero-order chi connectivity index (χ0) is 89.4. The molecule has 0 spiro atoms. The van der Waals surface area contributed by atoms with Gasteiger partial charge in [-0.3, -0.25) is 33.6 Å². The number of aliphatic hydroxyl groups excluding tert-OH is 8. The Balaban J connectivity index is 0.0000142. The van der Waals surface area contributed by atoms with E-state index in [1.54, 1.807) is 6.92 Å². The number of primary amides is 1. The van der Waals surface area contributed by atoms with Crippen molar-refractivity contribution in [2.24, 2.45) is 29.2 Å². The molecule has 5 amide bonds. The predicted molar refractivity (Wildman–Crippen MR) is 444 cm³/mol. The number of aromatic nitrogens is 1. The Bertz CT molecular complexity index is 5140. The largest absolute Gasteiger partial charge is 0.508 e. The molecule has 3 saturated heterocycles. The Morgan fingerprint density at radius 2 is 1.33 bits per heavy atom. The molecule has 3 fully saturated rings. The van der Waals surface area contributed by atoms with Crippen molar-refractivity contribution in [3.8, 4) is 62.8 Å². The van der Waals surface area contributed by atoms with Crippen LogP contribution in [-0.4, -0.2) is 217 Å². The van der Waals surface area contributed by atoms with E-state index in [0.29, 0.717) is 19.3 Å². The van der Waals surface area contributed by atoms with Gasteiger partial charge in [0.1, 0.15) is 102 Å². The van der Waals surface area contributed by atoms with E-state index >= 15 is 24.0 Å². The number of nitrogens with two attached hydrogens (primary N) is 2. The van der Waals surface area contributed by atoms with Gasteiger partial charge in [0, 0.05) is 78.0 Å². The van der Waals surface area contributed by atoms with E-state index in [0.717, 1.165) is 59.8 Å². The highest BCUT2D eigenvalue weighted by molar-refractivity contribution is 6.32. The molecule has 7 aromatic rings. The van der Waals surface area contributed by atoms with Gasteiger partial charge >= 0.3 is 5.97 Å². The van der Waals surface area contributed by atoms with Crippen molar-refractivity contribution in [1.82, 2.24) is 25.8 Å². The third-order valence-electron chi connectivity index (χ3n) is 23.3. The fraction of sp³-hybridized carbons (Fsp3) is 0.455. The summed E-state index contributed by atoms with van der Waals surface area (Å²) < 4.78 is 53.5. The highest BCUT2D eigenvalue weighted by atomic mass is 35.5. The number of benzene rings is 6. The van der Waals surface area contributed by atoms with E-state index in [9.17, 15) is 75.7 Å². The molecule has 0 radical (unpaired) electrons. The van der Waals surface area contributed by atoms with Crippen molar-refractivity contribution < 1.29 is 138 Å². The number of ether oxygens (including phenoxy) is 8. The van der Waals surface area contributed by atoms with Crippen LogP contribution in [0.25, 0.3) is 16.8 Å². The van der Waals surface area contributed by atoms with Gasteiger partial charge in [0.15, 0.2) is 41.7 Å².